The Morgan fingerprint density at radius 3 is 2.83 bits per heavy atom. The molecule has 0 saturated carbocycles. The minimum Gasteiger partial charge on any atom is -0.491 e. The summed E-state index contributed by atoms with van der Waals surface area (Å²) in [6.45, 7) is 5.64. The monoisotopic (exact) mass is 329 g/mol. The fraction of sp³-hybridized carbons (Fsp3) is 0.444. The van der Waals surface area contributed by atoms with Gasteiger partial charge in [-0.15, -0.1) is 0 Å². The summed E-state index contributed by atoms with van der Waals surface area (Å²) in [5, 5.41) is 0. The van der Waals surface area contributed by atoms with E-state index in [1.54, 1.807) is 24.0 Å². The number of morpholine rings is 1. The molecule has 3 rings (SSSR count). The molecule has 1 saturated heterocycles. The normalized spacial score (nSPS) is 20.0. The molecule has 1 aliphatic heterocycles. The Labute approximate surface area is 141 Å². The van der Waals surface area contributed by atoms with Crippen LogP contribution in [0.5, 0.6) is 5.75 Å². The fourth-order valence-electron chi connectivity index (χ4n) is 2.95. The van der Waals surface area contributed by atoms with Crippen LogP contribution in [0.3, 0.4) is 0 Å². The molecule has 1 aliphatic rings. The lowest BCUT2D eigenvalue weighted by Gasteiger charge is -2.42. The second kappa shape index (κ2) is 6.65. The quantitative estimate of drug-likeness (QED) is 0.857. The maximum atomic E-state index is 12.4. The average molecular weight is 329 g/mol. The summed E-state index contributed by atoms with van der Waals surface area (Å²) >= 11 is 0. The summed E-state index contributed by atoms with van der Waals surface area (Å²) in [6.07, 6.45) is 3.17. The Morgan fingerprint density at radius 1 is 1.33 bits per heavy atom. The summed E-state index contributed by atoms with van der Waals surface area (Å²) < 4.78 is 13.5. The zero-order valence-electron chi connectivity index (χ0n) is 14.3. The van der Waals surface area contributed by atoms with Gasteiger partial charge in [0.1, 0.15) is 18.5 Å². The molecule has 2 heterocycles. The maximum Gasteiger partial charge on any atom is 0.293 e. The zero-order chi connectivity index (χ0) is 17.2. The lowest BCUT2D eigenvalue weighted by Crippen LogP contribution is -2.56. The molecule has 0 aliphatic carbocycles. The molecule has 128 valence electrons. The van der Waals surface area contributed by atoms with E-state index in [-0.39, 0.29) is 17.3 Å². The van der Waals surface area contributed by atoms with Gasteiger partial charge < -0.3 is 18.9 Å². The number of hydrogen-bond acceptors (Lipinski definition) is 5. The third-order valence-corrected chi connectivity index (χ3v) is 3.96. The molecule has 0 amide bonds. The Balaban J connectivity index is 1.75. The number of anilines is 1. The van der Waals surface area contributed by atoms with Gasteiger partial charge in [-0.05, 0) is 26.0 Å². The number of nitrogens with zero attached hydrogens (tertiary/aromatic N) is 3. The Kier molecular flexibility index (Phi) is 4.57. The Morgan fingerprint density at radius 2 is 2.08 bits per heavy atom. The van der Waals surface area contributed by atoms with Crippen molar-refractivity contribution in [3.05, 3.63) is 53.1 Å². The van der Waals surface area contributed by atoms with Gasteiger partial charge in [-0.3, -0.25) is 4.79 Å². The van der Waals surface area contributed by atoms with Crippen molar-refractivity contribution in [1.29, 1.82) is 0 Å². The molecule has 1 aromatic heterocycles. The largest absolute Gasteiger partial charge is 0.491 e. The first-order valence-electron chi connectivity index (χ1n) is 8.07. The number of aromatic nitrogens is 2. The number of hydrogen-bond donors (Lipinski definition) is 0. The molecule has 0 radical (unpaired) electrons. The molecular formula is C18H23N3O3. The van der Waals surface area contributed by atoms with E-state index in [2.05, 4.69) is 4.98 Å². The third kappa shape index (κ3) is 3.76. The number of ether oxygens (including phenoxy) is 2. The second-order valence-corrected chi connectivity index (χ2v) is 6.67. The van der Waals surface area contributed by atoms with E-state index in [1.807, 2.05) is 49.1 Å². The number of benzene rings is 1. The number of para-hydroxylation sites is 1. The topological polar surface area (TPSA) is 56.6 Å². The highest BCUT2D eigenvalue weighted by Gasteiger charge is 2.35. The first-order chi connectivity index (χ1) is 11.4. The molecule has 1 aromatic carbocycles. The van der Waals surface area contributed by atoms with Gasteiger partial charge in [-0.1, -0.05) is 18.2 Å². The summed E-state index contributed by atoms with van der Waals surface area (Å²) in [5.41, 5.74) is -0.483. The Bertz CT molecular complexity index is 743. The second-order valence-electron chi connectivity index (χ2n) is 6.67. The average Bonchev–Trinajstić information content (AvgIpc) is 2.55. The molecule has 6 nitrogen and oxygen atoms in total. The van der Waals surface area contributed by atoms with E-state index in [0.717, 1.165) is 5.75 Å². The molecule has 0 spiro atoms. The molecule has 2 aromatic rings. The number of rotatable bonds is 4. The van der Waals surface area contributed by atoms with Gasteiger partial charge in [0, 0.05) is 32.5 Å². The van der Waals surface area contributed by atoms with Crippen LogP contribution in [0.2, 0.25) is 0 Å². The molecule has 0 N–H and O–H groups in total. The van der Waals surface area contributed by atoms with Crippen molar-refractivity contribution in [2.75, 3.05) is 24.6 Å². The molecule has 6 heteroatoms. The van der Waals surface area contributed by atoms with Gasteiger partial charge >= 0.3 is 0 Å². The van der Waals surface area contributed by atoms with Crippen LogP contribution in [0.25, 0.3) is 0 Å². The number of aryl methyl sites for hydroxylation is 1. The van der Waals surface area contributed by atoms with Gasteiger partial charge in [0.15, 0.2) is 5.82 Å². The first kappa shape index (κ1) is 16.5. The molecular weight excluding hydrogens is 306 g/mol. The zero-order valence-corrected chi connectivity index (χ0v) is 14.3. The molecule has 24 heavy (non-hydrogen) atoms. The summed E-state index contributed by atoms with van der Waals surface area (Å²) in [6, 6.07) is 9.65. The summed E-state index contributed by atoms with van der Waals surface area (Å²) in [4.78, 5) is 18.6. The van der Waals surface area contributed by atoms with Crippen molar-refractivity contribution in [1.82, 2.24) is 9.55 Å². The Hall–Kier alpha value is -2.34. The lowest BCUT2D eigenvalue weighted by molar-refractivity contribution is -0.0972. The first-order valence-corrected chi connectivity index (χ1v) is 8.07. The van der Waals surface area contributed by atoms with Crippen molar-refractivity contribution in [3.63, 3.8) is 0 Å². The minimum atomic E-state index is -0.383. The van der Waals surface area contributed by atoms with Gasteiger partial charge in [0.2, 0.25) is 0 Å². The van der Waals surface area contributed by atoms with Gasteiger partial charge in [-0.25, -0.2) is 4.98 Å². The third-order valence-electron chi connectivity index (χ3n) is 3.96. The van der Waals surface area contributed by atoms with Crippen LogP contribution < -0.4 is 15.2 Å². The van der Waals surface area contributed by atoms with Crippen molar-refractivity contribution in [2.45, 2.75) is 25.6 Å². The standard InChI is InChI=1S/C18H23N3O3/c1-18(2)13-21(16-17(22)20(3)10-9-19-16)11-15(24-18)12-23-14-7-5-4-6-8-14/h4-10,15H,11-13H2,1-3H3/t15-/m1/s1. The highest BCUT2D eigenvalue weighted by Crippen LogP contribution is 2.24. The van der Waals surface area contributed by atoms with Crippen LogP contribution >= 0.6 is 0 Å². The van der Waals surface area contributed by atoms with Crippen LogP contribution in [0.15, 0.2) is 47.5 Å². The van der Waals surface area contributed by atoms with Crippen molar-refractivity contribution < 1.29 is 9.47 Å². The van der Waals surface area contributed by atoms with Crippen molar-refractivity contribution >= 4 is 5.82 Å². The molecule has 1 atom stereocenters. The van der Waals surface area contributed by atoms with E-state index in [9.17, 15) is 4.79 Å². The predicted molar refractivity (Wildman–Crippen MR) is 92.6 cm³/mol. The van der Waals surface area contributed by atoms with Crippen LogP contribution in [0.1, 0.15) is 13.8 Å². The van der Waals surface area contributed by atoms with E-state index in [1.165, 1.54) is 0 Å². The fourth-order valence-corrected chi connectivity index (χ4v) is 2.95. The van der Waals surface area contributed by atoms with E-state index in [4.69, 9.17) is 9.47 Å². The van der Waals surface area contributed by atoms with Crippen molar-refractivity contribution in [3.8, 4) is 5.75 Å². The molecule has 0 bridgehead atoms. The minimum absolute atomic E-state index is 0.0991. The van der Waals surface area contributed by atoms with E-state index in [0.29, 0.717) is 25.5 Å². The van der Waals surface area contributed by atoms with Gasteiger partial charge in [0.05, 0.1) is 5.60 Å². The van der Waals surface area contributed by atoms with E-state index >= 15 is 0 Å². The SMILES string of the molecule is Cn1ccnc(N2C[C@H](COc3ccccc3)OC(C)(C)C2)c1=O. The highest BCUT2D eigenvalue weighted by molar-refractivity contribution is 5.37. The molecule has 1 fully saturated rings. The van der Waals surface area contributed by atoms with E-state index < -0.39 is 0 Å². The maximum absolute atomic E-state index is 12.4. The van der Waals surface area contributed by atoms with Crippen LogP contribution in [0.4, 0.5) is 5.82 Å². The van der Waals surface area contributed by atoms with Gasteiger partial charge in [0.25, 0.3) is 5.56 Å². The van der Waals surface area contributed by atoms with Crippen LogP contribution in [-0.2, 0) is 11.8 Å². The predicted octanol–water partition coefficient (Wildman–Crippen LogP) is 1.84. The van der Waals surface area contributed by atoms with Crippen LogP contribution in [0, 0.1) is 0 Å². The molecule has 0 unspecified atom stereocenters. The lowest BCUT2D eigenvalue weighted by atomic mass is 10.1. The summed E-state index contributed by atoms with van der Waals surface area (Å²) in [5.74, 6) is 1.27. The highest BCUT2D eigenvalue weighted by atomic mass is 16.5. The summed E-state index contributed by atoms with van der Waals surface area (Å²) in [7, 11) is 1.73. The smallest absolute Gasteiger partial charge is 0.293 e. The van der Waals surface area contributed by atoms with Crippen LogP contribution in [-0.4, -0.2) is 41.0 Å². The van der Waals surface area contributed by atoms with Gasteiger partial charge in [-0.2, -0.15) is 0 Å². The van der Waals surface area contributed by atoms with Crippen molar-refractivity contribution in [2.24, 2.45) is 7.05 Å².